The summed E-state index contributed by atoms with van der Waals surface area (Å²) in [7, 11) is 0. The van der Waals surface area contributed by atoms with Crippen molar-refractivity contribution in [3.05, 3.63) is 69.1 Å². The van der Waals surface area contributed by atoms with Crippen LogP contribution in [0.2, 0.25) is 0 Å². The van der Waals surface area contributed by atoms with E-state index in [4.69, 9.17) is 14.9 Å². The number of nitriles is 1. The van der Waals surface area contributed by atoms with Crippen molar-refractivity contribution in [3.63, 3.8) is 0 Å². The van der Waals surface area contributed by atoms with Gasteiger partial charge in [0, 0.05) is 11.0 Å². The number of alkyl halides is 3. The highest BCUT2D eigenvalue weighted by Gasteiger charge is 2.34. The number of nitrogens with zero attached hydrogens (tertiary/aromatic N) is 1. The van der Waals surface area contributed by atoms with Gasteiger partial charge in [-0.1, -0.05) is 12.1 Å². The second kappa shape index (κ2) is 6.46. The van der Waals surface area contributed by atoms with Crippen LogP contribution < -0.4 is 16.1 Å². The summed E-state index contributed by atoms with van der Waals surface area (Å²) in [6.45, 7) is 1.56. The Kier molecular flexibility index (Phi) is 4.46. The Morgan fingerprint density at radius 1 is 1.27 bits per heavy atom. The molecule has 0 saturated heterocycles. The SMILES string of the molecule is Cc1cc2c(c(=O)o1)C(c1ccc(SC(F)(F)F)cc1)C(C#N)=C(N)O2. The molecule has 134 valence electrons. The number of allylic oxidation sites excluding steroid dienone is 1. The van der Waals surface area contributed by atoms with E-state index in [2.05, 4.69) is 0 Å². The Hall–Kier alpha value is -2.86. The summed E-state index contributed by atoms with van der Waals surface area (Å²) >= 11 is -0.253. The first-order valence-electron chi connectivity index (χ1n) is 7.27. The van der Waals surface area contributed by atoms with Crippen LogP contribution >= 0.6 is 11.8 Å². The van der Waals surface area contributed by atoms with Crippen molar-refractivity contribution < 1.29 is 22.3 Å². The second-order valence-electron chi connectivity index (χ2n) is 5.46. The first-order chi connectivity index (χ1) is 12.2. The average Bonchev–Trinajstić information content (AvgIpc) is 2.52. The number of hydrogen-bond donors (Lipinski definition) is 1. The number of hydrogen-bond acceptors (Lipinski definition) is 6. The first-order valence-corrected chi connectivity index (χ1v) is 8.09. The molecule has 2 N–H and O–H groups in total. The van der Waals surface area contributed by atoms with E-state index in [0.29, 0.717) is 11.3 Å². The molecule has 3 rings (SSSR count). The van der Waals surface area contributed by atoms with Gasteiger partial charge in [-0.2, -0.15) is 18.4 Å². The van der Waals surface area contributed by atoms with E-state index in [1.165, 1.54) is 30.3 Å². The lowest BCUT2D eigenvalue weighted by Gasteiger charge is -2.25. The number of fused-ring (bicyclic) bond motifs is 1. The predicted octanol–water partition coefficient (Wildman–Crippen LogP) is 3.78. The predicted molar refractivity (Wildman–Crippen MR) is 87.4 cm³/mol. The van der Waals surface area contributed by atoms with Gasteiger partial charge in [-0.05, 0) is 36.4 Å². The Bertz CT molecular complexity index is 988. The van der Waals surface area contributed by atoms with E-state index in [-0.39, 0.29) is 39.4 Å². The van der Waals surface area contributed by atoms with Gasteiger partial charge in [0.15, 0.2) is 0 Å². The van der Waals surface area contributed by atoms with E-state index < -0.39 is 17.1 Å². The van der Waals surface area contributed by atoms with Gasteiger partial charge in [0.05, 0.1) is 11.5 Å². The van der Waals surface area contributed by atoms with E-state index in [0.717, 1.165) is 0 Å². The molecular formula is C17H11F3N2O3S. The zero-order valence-corrected chi connectivity index (χ0v) is 14.1. The summed E-state index contributed by atoms with van der Waals surface area (Å²) in [5, 5.41) is 9.42. The third kappa shape index (κ3) is 3.41. The topological polar surface area (TPSA) is 89.2 Å². The summed E-state index contributed by atoms with van der Waals surface area (Å²) in [6, 6.07) is 8.74. The molecule has 1 aromatic carbocycles. The number of ether oxygens (including phenoxy) is 1. The van der Waals surface area contributed by atoms with Gasteiger partial charge in [-0.15, -0.1) is 0 Å². The lowest BCUT2D eigenvalue weighted by molar-refractivity contribution is -0.0328. The lowest BCUT2D eigenvalue weighted by Crippen LogP contribution is -2.26. The molecule has 0 aliphatic carbocycles. The first kappa shape index (κ1) is 17.9. The Morgan fingerprint density at radius 2 is 1.92 bits per heavy atom. The zero-order valence-electron chi connectivity index (χ0n) is 13.3. The van der Waals surface area contributed by atoms with Crippen molar-refractivity contribution in [3.8, 4) is 11.8 Å². The Labute approximate surface area is 149 Å². The maximum Gasteiger partial charge on any atom is 0.446 e. The molecule has 9 heteroatoms. The maximum absolute atomic E-state index is 12.5. The summed E-state index contributed by atoms with van der Waals surface area (Å²) in [4.78, 5) is 12.3. The van der Waals surface area contributed by atoms with Gasteiger partial charge in [0.2, 0.25) is 5.88 Å². The highest BCUT2D eigenvalue weighted by Crippen LogP contribution is 2.42. The van der Waals surface area contributed by atoms with Gasteiger partial charge in [-0.3, -0.25) is 0 Å². The molecule has 1 unspecified atom stereocenters. The Morgan fingerprint density at radius 3 is 2.50 bits per heavy atom. The van der Waals surface area contributed by atoms with Crippen LogP contribution in [0.15, 0.2) is 55.9 Å². The van der Waals surface area contributed by atoms with Gasteiger partial charge in [0.1, 0.15) is 23.2 Å². The Balaban J connectivity index is 2.11. The molecule has 0 saturated carbocycles. The van der Waals surface area contributed by atoms with Crippen molar-refractivity contribution in [1.29, 1.82) is 5.26 Å². The second-order valence-corrected chi connectivity index (χ2v) is 6.60. The maximum atomic E-state index is 12.5. The van der Waals surface area contributed by atoms with E-state index >= 15 is 0 Å². The van der Waals surface area contributed by atoms with E-state index in [9.17, 15) is 23.2 Å². The van der Waals surface area contributed by atoms with E-state index in [1.807, 2.05) is 6.07 Å². The number of thioether (sulfide) groups is 1. The zero-order chi connectivity index (χ0) is 19.1. The highest BCUT2D eigenvalue weighted by atomic mass is 32.2. The third-order valence-electron chi connectivity index (χ3n) is 3.70. The van der Waals surface area contributed by atoms with Crippen molar-refractivity contribution in [2.24, 2.45) is 5.73 Å². The van der Waals surface area contributed by atoms with E-state index in [1.54, 1.807) is 6.92 Å². The van der Waals surface area contributed by atoms with Crippen LogP contribution in [0.3, 0.4) is 0 Å². The largest absolute Gasteiger partial charge is 0.446 e. The van der Waals surface area contributed by atoms with Gasteiger partial charge in [0.25, 0.3) is 0 Å². The van der Waals surface area contributed by atoms with Crippen LogP contribution in [-0.2, 0) is 0 Å². The van der Waals surface area contributed by atoms with Crippen LogP contribution in [-0.4, -0.2) is 5.51 Å². The smallest absolute Gasteiger partial charge is 0.440 e. The molecule has 1 aliphatic heterocycles. The molecule has 1 atom stereocenters. The molecule has 5 nitrogen and oxygen atoms in total. The lowest BCUT2D eigenvalue weighted by atomic mass is 9.84. The average molecular weight is 380 g/mol. The quantitative estimate of drug-likeness (QED) is 0.798. The third-order valence-corrected chi connectivity index (χ3v) is 4.44. The summed E-state index contributed by atoms with van der Waals surface area (Å²) in [5.41, 5.74) is 1.19. The fraction of sp³-hybridized carbons (Fsp3) is 0.176. The summed E-state index contributed by atoms with van der Waals surface area (Å²) < 4.78 is 47.9. The minimum atomic E-state index is -4.41. The number of aryl methyl sites for hydroxylation is 1. The van der Waals surface area contributed by atoms with Crippen molar-refractivity contribution in [2.75, 3.05) is 0 Å². The number of benzene rings is 1. The fourth-order valence-electron chi connectivity index (χ4n) is 2.71. The molecule has 1 aliphatic rings. The molecule has 2 heterocycles. The van der Waals surface area contributed by atoms with Crippen LogP contribution in [0.5, 0.6) is 5.75 Å². The number of halogens is 3. The molecule has 0 bridgehead atoms. The molecule has 0 fully saturated rings. The summed E-state index contributed by atoms with van der Waals surface area (Å²) in [5.74, 6) is -0.582. The molecule has 0 radical (unpaired) electrons. The monoisotopic (exact) mass is 380 g/mol. The van der Waals surface area contributed by atoms with Gasteiger partial charge in [-0.25, -0.2) is 4.79 Å². The van der Waals surface area contributed by atoms with Crippen LogP contribution in [0.4, 0.5) is 13.2 Å². The molecule has 26 heavy (non-hydrogen) atoms. The highest BCUT2D eigenvalue weighted by molar-refractivity contribution is 8.00. The fourth-order valence-corrected chi connectivity index (χ4v) is 3.25. The van der Waals surface area contributed by atoms with Crippen molar-refractivity contribution >= 4 is 11.8 Å². The minimum absolute atomic E-state index is 0.00937. The van der Waals surface area contributed by atoms with Crippen LogP contribution in [0.1, 0.15) is 22.8 Å². The molecular weight excluding hydrogens is 369 g/mol. The molecule has 1 aromatic heterocycles. The van der Waals surface area contributed by atoms with Crippen molar-refractivity contribution in [1.82, 2.24) is 0 Å². The van der Waals surface area contributed by atoms with Crippen LogP contribution in [0.25, 0.3) is 0 Å². The number of rotatable bonds is 2. The minimum Gasteiger partial charge on any atom is -0.440 e. The van der Waals surface area contributed by atoms with Crippen molar-refractivity contribution in [2.45, 2.75) is 23.2 Å². The molecule has 0 amide bonds. The molecule has 2 aromatic rings. The molecule has 0 spiro atoms. The van der Waals surface area contributed by atoms with Crippen LogP contribution in [0, 0.1) is 18.3 Å². The van der Waals surface area contributed by atoms with Gasteiger partial charge >= 0.3 is 11.1 Å². The normalized spacial score (nSPS) is 16.7. The summed E-state index contributed by atoms with van der Waals surface area (Å²) in [6.07, 6.45) is 0. The number of nitrogens with two attached hydrogens (primary N) is 1. The van der Waals surface area contributed by atoms with Gasteiger partial charge < -0.3 is 14.9 Å². The standard InChI is InChI=1S/C17H11F3N2O3S/c1-8-6-12-14(16(23)24-8)13(11(7-21)15(22)25-12)9-2-4-10(5-3-9)26-17(18,19)20/h2-6,13H,22H2,1H3.